The number of hydrogen-bond donors (Lipinski definition) is 3. The van der Waals surface area contributed by atoms with Gasteiger partial charge in [-0.25, -0.2) is 19.5 Å². The van der Waals surface area contributed by atoms with E-state index in [1.807, 2.05) is 30.3 Å². The standard InChI is InChI=1S/C23H38N3O8P/c1-17(25-21(28)33-16-18-12-8-7-9-13-18)35(30,32-6)24-15-11-10-14-19(20(27)31-5)26-22(29)34-23(2,3)4/h7-9,12-13,17,19H,10-11,14-16H2,1-6H3,(H,24,30)(H,25,28)(H,26,29)/t17?,19-,35?/m0/s1. The Balaban J connectivity index is 2.47. The third-order valence-electron chi connectivity index (χ3n) is 4.75. The monoisotopic (exact) mass is 515 g/mol. The van der Waals surface area contributed by atoms with E-state index in [9.17, 15) is 18.9 Å². The van der Waals surface area contributed by atoms with Crippen molar-refractivity contribution in [1.82, 2.24) is 15.7 Å². The number of alkyl carbamates (subject to hydrolysis) is 2. The molecule has 0 fully saturated rings. The molecule has 0 spiro atoms. The van der Waals surface area contributed by atoms with Crippen molar-refractivity contribution in [2.24, 2.45) is 0 Å². The highest BCUT2D eigenvalue weighted by Gasteiger charge is 2.31. The molecule has 0 aliphatic rings. The Morgan fingerprint density at radius 1 is 1.00 bits per heavy atom. The zero-order valence-corrected chi connectivity index (χ0v) is 22.2. The zero-order chi connectivity index (χ0) is 26.5. The van der Waals surface area contributed by atoms with Gasteiger partial charge in [-0.2, -0.15) is 0 Å². The molecule has 35 heavy (non-hydrogen) atoms. The van der Waals surface area contributed by atoms with Crippen molar-refractivity contribution in [2.45, 2.75) is 71.0 Å². The third-order valence-corrected chi connectivity index (χ3v) is 7.10. The van der Waals surface area contributed by atoms with Crippen molar-refractivity contribution >= 4 is 25.7 Å². The summed E-state index contributed by atoms with van der Waals surface area (Å²) >= 11 is 0. The average Bonchev–Trinajstić information content (AvgIpc) is 2.80. The molecule has 0 aromatic heterocycles. The summed E-state index contributed by atoms with van der Waals surface area (Å²) in [6, 6.07) is 8.31. The maximum absolute atomic E-state index is 13.1. The van der Waals surface area contributed by atoms with Gasteiger partial charge in [-0.05, 0) is 52.5 Å². The van der Waals surface area contributed by atoms with Crippen molar-refractivity contribution in [3.05, 3.63) is 35.9 Å². The van der Waals surface area contributed by atoms with Crippen LogP contribution in [0.1, 0.15) is 52.5 Å². The first-order chi connectivity index (χ1) is 16.4. The molecular formula is C23H38N3O8P. The second kappa shape index (κ2) is 14.7. The van der Waals surface area contributed by atoms with Crippen LogP contribution in [0.2, 0.25) is 0 Å². The molecule has 1 aromatic carbocycles. The van der Waals surface area contributed by atoms with Crippen LogP contribution in [0.3, 0.4) is 0 Å². The molecule has 0 bridgehead atoms. The lowest BCUT2D eigenvalue weighted by molar-refractivity contribution is -0.143. The second-order valence-corrected chi connectivity index (χ2v) is 11.4. The van der Waals surface area contributed by atoms with Crippen LogP contribution in [-0.2, 0) is 34.7 Å². The lowest BCUT2D eigenvalue weighted by Crippen LogP contribution is -2.44. The van der Waals surface area contributed by atoms with Crippen LogP contribution >= 0.6 is 7.52 Å². The van der Waals surface area contributed by atoms with Gasteiger partial charge in [0.15, 0.2) is 0 Å². The van der Waals surface area contributed by atoms with E-state index in [2.05, 4.69) is 15.7 Å². The Bertz CT molecular complexity index is 860. The molecule has 0 heterocycles. The van der Waals surface area contributed by atoms with Crippen LogP contribution in [0.5, 0.6) is 0 Å². The number of methoxy groups -OCH3 is 1. The van der Waals surface area contributed by atoms with Gasteiger partial charge < -0.3 is 29.4 Å². The molecule has 198 valence electrons. The minimum atomic E-state index is -3.42. The van der Waals surface area contributed by atoms with E-state index in [0.717, 1.165) is 5.56 Å². The lowest BCUT2D eigenvalue weighted by Gasteiger charge is -2.25. The smallest absolute Gasteiger partial charge is 0.408 e. The second-order valence-electron chi connectivity index (χ2n) is 8.79. The molecule has 1 aromatic rings. The largest absolute Gasteiger partial charge is 0.467 e. The number of ether oxygens (including phenoxy) is 3. The number of unbranched alkanes of at least 4 members (excludes halogenated alkanes) is 1. The van der Waals surface area contributed by atoms with Gasteiger partial charge in [0, 0.05) is 13.7 Å². The Morgan fingerprint density at radius 3 is 2.23 bits per heavy atom. The maximum Gasteiger partial charge on any atom is 0.408 e. The predicted molar refractivity (Wildman–Crippen MR) is 131 cm³/mol. The Kier molecular flexibility index (Phi) is 12.8. The van der Waals surface area contributed by atoms with Gasteiger partial charge in [-0.1, -0.05) is 30.3 Å². The summed E-state index contributed by atoms with van der Waals surface area (Å²) in [6.07, 6.45) is -0.108. The summed E-state index contributed by atoms with van der Waals surface area (Å²) < 4.78 is 33.3. The van der Waals surface area contributed by atoms with E-state index in [-0.39, 0.29) is 13.2 Å². The van der Waals surface area contributed by atoms with Crippen LogP contribution in [0.15, 0.2) is 30.3 Å². The van der Waals surface area contributed by atoms with Gasteiger partial charge in [0.2, 0.25) is 0 Å². The summed E-state index contributed by atoms with van der Waals surface area (Å²) in [6.45, 7) is 7.09. The first-order valence-corrected chi connectivity index (χ1v) is 13.0. The molecule has 3 N–H and O–H groups in total. The number of carbonyl (C=O) groups is 3. The lowest BCUT2D eigenvalue weighted by atomic mass is 10.1. The molecule has 2 amide bonds. The van der Waals surface area contributed by atoms with E-state index >= 15 is 0 Å². The summed E-state index contributed by atoms with van der Waals surface area (Å²) in [5.41, 5.74) is 0.129. The molecule has 0 saturated heterocycles. The van der Waals surface area contributed by atoms with Gasteiger partial charge >= 0.3 is 18.2 Å². The quantitative estimate of drug-likeness (QED) is 0.154. The van der Waals surface area contributed by atoms with E-state index in [0.29, 0.717) is 19.3 Å². The summed E-state index contributed by atoms with van der Waals surface area (Å²) in [5.74, 6) is -1.43. The highest BCUT2D eigenvalue weighted by molar-refractivity contribution is 7.57. The fourth-order valence-corrected chi connectivity index (χ4v) is 4.39. The van der Waals surface area contributed by atoms with Crippen molar-refractivity contribution < 1.29 is 37.7 Å². The molecule has 3 atom stereocenters. The SMILES string of the molecule is COC(=O)[C@H](CCCCNP(=O)(OC)C(C)NC(=O)OCc1ccccc1)NC(=O)OC(C)(C)C. The number of amides is 2. The van der Waals surface area contributed by atoms with Gasteiger partial charge in [0.1, 0.15) is 24.0 Å². The Labute approximate surface area is 207 Å². The minimum absolute atomic E-state index is 0.0861. The molecule has 2 unspecified atom stereocenters. The van der Waals surface area contributed by atoms with Gasteiger partial charge in [-0.15, -0.1) is 0 Å². The van der Waals surface area contributed by atoms with Crippen molar-refractivity contribution in [1.29, 1.82) is 0 Å². The van der Waals surface area contributed by atoms with E-state index < -0.39 is 43.1 Å². The van der Waals surface area contributed by atoms with Gasteiger partial charge in [-0.3, -0.25) is 4.57 Å². The Hall–Kier alpha value is -2.62. The summed E-state index contributed by atoms with van der Waals surface area (Å²) in [5, 5.41) is 7.89. The van der Waals surface area contributed by atoms with Crippen LogP contribution in [0.25, 0.3) is 0 Å². The highest BCUT2D eigenvalue weighted by Crippen LogP contribution is 2.45. The molecule has 0 radical (unpaired) electrons. The zero-order valence-electron chi connectivity index (χ0n) is 21.3. The minimum Gasteiger partial charge on any atom is -0.467 e. The van der Waals surface area contributed by atoms with E-state index in [1.165, 1.54) is 14.2 Å². The van der Waals surface area contributed by atoms with Crippen molar-refractivity contribution in [3.8, 4) is 0 Å². The molecular weight excluding hydrogens is 477 g/mol. The number of nitrogens with one attached hydrogen (secondary N) is 3. The fourth-order valence-electron chi connectivity index (χ4n) is 2.93. The van der Waals surface area contributed by atoms with Crippen molar-refractivity contribution in [3.63, 3.8) is 0 Å². The van der Waals surface area contributed by atoms with E-state index in [4.69, 9.17) is 18.7 Å². The number of hydrogen-bond acceptors (Lipinski definition) is 8. The summed E-state index contributed by atoms with van der Waals surface area (Å²) in [4.78, 5) is 36.1. The van der Waals surface area contributed by atoms with E-state index in [1.54, 1.807) is 27.7 Å². The molecule has 0 aliphatic carbocycles. The Morgan fingerprint density at radius 2 is 1.66 bits per heavy atom. The molecule has 0 aliphatic heterocycles. The maximum atomic E-state index is 13.1. The average molecular weight is 516 g/mol. The number of esters is 1. The molecule has 11 nitrogen and oxygen atoms in total. The van der Waals surface area contributed by atoms with Gasteiger partial charge in [0.25, 0.3) is 7.52 Å². The topological polar surface area (TPSA) is 141 Å². The van der Waals surface area contributed by atoms with Crippen LogP contribution in [0.4, 0.5) is 9.59 Å². The first kappa shape index (κ1) is 30.4. The fraction of sp³-hybridized carbons (Fsp3) is 0.609. The summed E-state index contributed by atoms with van der Waals surface area (Å²) in [7, 11) is -0.890. The van der Waals surface area contributed by atoms with Gasteiger partial charge in [0.05, 0.1) is 7.11 Å². The highest BCUT2D eigenvalue weighted by atomic mass is 31.2. The van der Waals surface area contributed by atoms with Crippen LogP contribution < -0.4 is 15.7 Å². The number of benzene rings is 1. The number of carbonyl (C=O) groups excluding carboxylic acids is 3. The van der Waals surface area contributed by atoms with Crippen molar-refractivity contribution in [2.75, 3.05) is 20.8 Å². The third kappa shape index (κ3) is 12.1. The van der Waals surface area contributed by atoms with Crippen LogP contribution in [0, 0.1) is 0 Å². The molecule has 0 saturated carbocycles. The number of rotatable bonds is 13. The van der Waals surface area contributed by atoms with Crippen LogP contribution in [-0.4, -0.2) is 56.3 Å². The molecule has 1 rings (SSSR count). The normalized spacial score (nSPS) is 14.7. The first-order valence-electron chi connectivity index (χ1n) is 11.4. The molecule has 12 heteroatoms. The predicted octanol–water partition coefficient (Wildman–Crippen LogP) is 3.92.